The van der Waals surface area contributed by atoms with Crippen LogP contribution in [0.2, 0.25) is 10.0 Å². The number of hydrogen-bond acceptors (Lipinski definition) is 3. The molecule has 124 valence electrons. The van der Waals surface area contributed by atoms with E-state index in [4.69, 9.17) is 23.2 Å². The summed E-state index contributed by atoms with van der Waals surface area (Å²) in [6.07, 6.45) is 0.588. The molecule has 0 heterocycles. The maximum absolute atomic E-state index is 12.3. The van der Waals surface area contributed by atoms with Crippen molar-refractivity contribution in [2.75, 3.05) is 25.5 Å². The van der Waals surface area contributed by atoms with E-state index >= 15 is 0 Å². The van der Waals surface area contributed by atoms with Gasteiger partial charge in [-0.1, -0.05) is 35.3 Å². The van der Waals surface area contributed by atoms with Crippen LogP contribution in [0.25, 0.3) is 0 Å². The van der Waals surface area contributed by atoms with Crippen LogP contribution in [0.4, 0.5) is 5.69 Å². The molecule has 2 aromatic rings. The molecular formula is C16H18Cl2N2O2S. The predicted octanol–water partition coefficient (Wildman–Crippen LogP) is 3.58. The van der Waals surface area contributed by atoms with E-state index in [2.05, 4.69) is 4.72 Å². The summed E-state index contributed by atoms with van der Waals surface area (Å²) >= 11 is 11.8. The van der Waals surface area contributed by atoms with Gasteiger partial charge in [0.25, 0.3) is 0 Å². The fourth-order valence-electron chi connectivity index (χ4n) is 2.05. The maximum Gasteiger partial charge on any atom is 0.242 e. The largest absolute Gasteiger partial charge is 0.378 e. The normalized spacial score (nSPS) is 11.5. The molecule has 0 aromatic heterocycles. The lowest BCUT2D eigenvalue weighted by Gasteiger charge is -2.13. The van der Waals surface area contributed by atoms with Crippen LogP contribution in [0.3, 0.4) is 0 Å². The Balaban J connectivity index is 2.01. The molecule has 7 heteroatoms. The van der Waals surface area contributed by atoms with Gasteiger partial charge in [0.2, 0.25) is 10.0 Å². The van der Waals surface area contributed by atoms with Gasteiger partial charge in [0, 0.05) is 31.4 Å². The molecule has 4 nitrogen and oxygen atoms in total. The topological polar surface area (TPSA) is 49.4 Å². The number of nitrogens with one attached hydrogen (secondary N) is 1. The van der Waals surface area contributed by atoms with Crippen molar-refractivity contribution in [3.63, 3.8) is 0 Å². The third kappa shape index (κ3) is 4.85. The smallest absolute Gasteiger partial charge is 0.242 e. The second-order valence-corrected chi connectivity index (χ2v) is 7.86. The van der Waals surface area contributed by atoms with Crippen LogP contribution in [0.5, 0.6) is 0 Å². The molecule has 1 N–H and O–H groups in total. The fraction of sp³-hybridized carbons (Fsp3) is 0.250. The van der Waals surface area contributed by atoms with Gasteiger partial charge in [0.1, 0.15) is 4.90 Å². The lowest BCUT2D eigenvalue weighted by molar-refractivity contribution is 0.581. The van der Waals surface area contributed by atoms with Crippen LogP contribution >= 0.6 is 23.2 Å². The molecule has 0 aliphatic carbocycles. The molecule has 0 radical (unpaired) electrons. The van der Waals surface area contributed by atoms with Crippen molar-refractivity contribution in [1.29, 1.82) is 0 Å². The van der Waals surface area contributed by atoms with Crippen molar-refractivity contribution in [2.45, 2.75) is 11.3 Å². The van der Waals surface area contributed by atoms with Gasteiger partial charge >= 0.3 is 0 Å². The number of rotatable bonds is 6. The van der Waals surface area contributed by atoms with E-state index in [0.29, 0.717) is 11.4 Å². The highest BCUT2D eigenvalue weighted by atomic mass is 35.5. The summed E-state index contributed by atoms with van der Waals surface area (Å²) < 4.78 is 27.1. The Morgan fingerprint density at radius 3 is 2.30 bits per heavy atom. The minimum absolute atomic E-state index is 0.00498. The molecule has 0 saturated carbocycles. The van der Waals surface area contributed by atoms with Crippen molar-refractivity contribution >= 4 is 38.9 Å². The predicted molar refractivity (Wildman–Crippen MR) is 96.1 cm³/mol. The zero-order valence-corrected chi connectivity index (χ0v) is 15.2. The number of benzene rings is 2. The molecule has 0 saturated heterocycles. The average Bonchev–Trinajstić information content (AvgIpc) is 2.50. The quantitative estimate of drug-likeness (QED) is 0.842. The highest BCUT2D eigenvalue weighted by Crippen LogP contribution is 2.24. The van der Waals surface area contributed by atoms with Gasteiger partial charge in [0.15, 0.2) is 0 Å². The minimum atomic E-state index is -3.68. The molecule has 0 spiro atoms. The number of hydrogen-bond donors (Lipinski definition) is 1. The van der Waals surface area contributed by atoms with Crippen LogP contribution < -0.4 is 9.62 Å². The third-order valence-electron chi connectivity index (χ3n) is 3.34. The van der Waals surface area contributed by atoms with Crippen molar-refractivity contribution in [3.8, 4) is 0 Å². The van der Waals surface area contributed by atoms with Gasteiger partial charge in [-0.2, -0.15) is 0 Å². The van der Waals surface area contributed by atoms with Gasteiger partial charge in [-0.15, -0.1) is 0 Å². The molecule has 0 fully saturated rings. The summed E-state index contributed by atoms with van der Waals surface area (Å²) in [4.78, 5) is 2.00. The van der Waals surface area contributed by atoms with Gasteiger partial charge in [0.05, 0.1) is 5.02 Å². The highest BCUT2D eigenvalue weighted by molar-refractivity contribution is 7.89. The average molecular weight is 373 g/mol. The van der Waals surface area contributed by atoms with Gasteiger partial charge in [-0.05, 0) is 42.3 Å². The molecule has 0 amide bonds. The Hall–Kier alpha value is -1.27. The van der Waals surface area contributed by atoms with Crippen LogP contribution in [-0.4, -0.2) is 29.1 Å². The number of anilines is 1. The Morgan fingerprint density at radius 2 is 1.70 bits per heavy atom. The Kier molecular flexibility index (Phi) is 5.92. The number of nitrogens with zero attached hydrogens (tertiary/aromatic N) is 1. The zero-order valence-electron chi connectivity index (χ0n) is 12.9. The van der Waals surface area contributed by atoms with Crippen molar-refractivity contribution in [3.05, 3.63) is 58.1 Å². The van der Waals surface area contributed by atoms with E-state index in [1.807, 2.05) is 43.3 Å². The number of sulfonamides is 1. The van der Waals surface area contributed by atoms with Gasteiger partial charge < -0.3 is 4.90 Å². The van der Waals surface area contributed by atoms with Gasteiger partial charge in [-0.25, -0.2) is 13.1 Å². The Bertz CT molecular complexity index is 775. The van der Waals surface area contributed by atoms with Crippen molar-refractivity contribution in [2.24, 2.45) is 0 Å². The summed E-state index contributed by atoms with van der Waals surface area (Å²) in [6, 6.07) is 12.3. The first-order valence-electron chi connectivity index (χ1n) is 7.00. The summed E-state index contributed by atoms with van der Waals surface area (Å²) in [7, 11) is 0.260. The molecule has 0 aliphatic heterocycles. The summed E-state index contributed by atoms with van der Waals surface area (Å²) in [5.74, 6) is 0. The second-order valence-electron chi connectivity index (χ2n) is 5.28. The lowest BCUT2D eigenvalue weighted by atomic mass is 10.1. The first-order valence-corrected chi connectivity index (χ1v) is 9.24. The van der Waals surface area contributed by atoms with E-state index < -0.39 is 10.0 Å². The van der Waals surface area contributed by atoms with E-state index in [0.717, 1.165) is 11.3 Å². The van der Waals surface area contributed by atoms with Crippen molar-refractivity contribution in [1.82, 2.24) is 4.72 Å². The molecule has 2 rings (SSSR count). The first kappa shape index (κ1) is 18.1. The molecular weight excluding hydrogens is 355 g/mol. The van der Waals surface area contributed by atoms with E-state index in [1.54, 1.807) is 6.07 Å². The lowest BCUT2D eigenvalue weighted by Crippen LogP contribution is -2.26. The van der Waals surface area contributed by atoms with Crippen LogP contribution in [0, 0.1) is 0 Å². The monoisotopic (exact) mass is 372 g/mol. The number of halogens is 2. The SMILES string of the molecule is CN(C)c1ccc(CCNS(=O)(=O)c2cc(Cl)ccc2Cl)cc1. The maximum atomic E-state index is 12.3. The molecule has 0 aliphatic rings. The summed E-state index contributed by atoms with van der Waals surface area (Å²) in [5, 5.41) is 0.478. The standard InChI is InChI=1S/C16H18Cl2N2O2S/c1-20(2)14-6-3-12(4-7-14)9-10-19-23(21,22)16-11-13(17)5-8-15(16)18/h3-8,11,19H,9-10H2,1-2H3. The Labute approximate surface area is 147 Å². The van der Waals surface area contributed by atoms with Crippen LogP contribution in [0.1, 0.15) is 5.56 Å². The van der Waals surface area contributed by atoms with Gasteiger partial charge in [-0.3, -0.25) is 0 Å². The van der Waals surface area contributed by atoms with E-state index in [1.165, 1.54) is 12.1 Å². The summed E-state index contributed by atoms with van der Waals surface area (Å²) in [5.41, 5.74) is 2.15. The molecule has 0 bridgehead atoms. The Morgan fingerprint density at radius 1 is 1.04 bits per heavy atom. The molecule has 23 heavy (non-hydrogen) atoms. The van der Waals surface area contributed by atoms with Crippen LogP contribution in [0.15, 0.2) is 47.4 Å². The van der Waals surface area contributed by atoms with Crippen LogP contribution in [-0.2, 0) is 16.4 Å². The molecule has 2 aromatic carbocycles. The first-order chi connectivity index (χ1) is 10.8. The minimum Gasteiger partial charge on any atom is -0.378 e. The highest BCUT2D eigenvalue weighted by Gasteiger charge is 2.17. The molecule has 0 atom stereocenters. The molecule has 0 unspecified atom stereocenters. The van der Waals surface area contributed by atoms with E-state index in [-0.39, 0.29) is 16.5 Å². The summed E-state index contributed by atoms with van der Waals surface area (Å²) in [6.45, 7) is 0.284. The fourth-order valence-corrected chi connectivity index (χ4v) is 3.84. The van der Waals surface area contributed by atoms with E-state index in [9.17, 15) is 8.42 Å². The second kappa shape index (κ2) is 7.53. The van der Waals surface area contributed by atoms with Crippen molar-refractivity contribution < 1.29 is 8.42 Å². The third-order valence-corrected chi connectivity index (χ3v) is 5.52. The zero-order chi connectivity index (χ0) is 17.0.